The van der Waals surface area contributed by atoms with Gasteiger partial charge in [-0.1, -0.05) is 18.6 Å². The molecule has 0 unspecified atom stereocenters. The number of para-hydroxylation sites is 1. The van der Waals surface area contributed by atoms with Crippen molar-refractivity contribution in [2.45, 2.75) is 58.4 Å². The average Bonchev–Trinajstić information content (AvgIpc) is 3.41. The maximum Gasteiger partial charge on any atom is 0.224 e. The number of carbonyl (C=O) groups is 1. The predicted molar refractivity (Wildman–Crippen MR) is 106 cm³/mol. The molecule has 148 valence electrons. The SMILES string of the molecule is Cc1nn(-c2ccccc2F)c(C)c1CC(=O)N[C@@H]1C[C@H]2C[C@H]1[C@H]1CCC[C@H]21. The molecule has 3 aliphatic rings. The number of rotatable bonds is 4. The Balaban J connectivity index is 1.30. The third kappa shape index (κ3) is 2.78. The van der Waals surface area contributed by atoms with Crippen molar-refractivity contribution in [3.05, 3.63) is 47.0 Å². The van der Waals surface area contributed by atoms with Crippen LogP contribution in [-0.4, -0.2) is 21.7 Å². The van der Waals surface area contributed by atoms with Gasteiger partial charge in [-0.05, 0) is 75.3 Å². The average molecular weight is 381 g/mol. The van der Waals surface area contributed by atoms with Crippen LogP contribution in [0, 0.1) is 43.3 Å². The van der Waals surface area contributed by atoms with Gasteiger partial charge < -0.3 is 5.32 Å². The Bertz CT molecular complexity index is 921. The summed E-state index contributed by atoms with van der Waals surface area (Å²) in [6, 6.07) is 6.96. The van der Waals surface area contributed by atoms with Gasteiger partial charge in [-0.2, -0.15) is 5.10 Å². The molecular formula is C23H28FN3O. The third-order valence-electron chi connectivity index (χ3n) is 7.63. The Labute approximate surface area is 165 Å². The van der Waals surface area contributed by atoms with Gasteiger partial charge >= 0.3 is 0 Å². The second-order valence-corrected chi connectivity index (χ2v) is 9.02. The summed E-state index contributed by atoms with van der Waals surface area (Å²) < 4.78 is 15.8. The number of carbonyl (C=O) groups excluding carboxylic acids is 1. The van der Waals surface area contributed by atoms with Gasteiger partial charge in [0.2, 0.25) is 5.91 Å². The number of nitrogens with one attached hydrogen (secondary N) is 1. The van der Waals surface area contributed by atoms with Crippen molar-refractivity contribution in [1.29, 1.82) is 0 Å². The maximum absolute atomic E-state index is 14.2. The first-order chi connectivity index (χ1) is 13.5. The highest BCUT2D eigenvalue weighted by Gasteiger charge is 2.54. The van der Waals surface area contributed by atoms with Gasteiger partial charge in [-0.15, -0.1) is 0 Å². The topological polar surface area (TPSA) is 46.9 Å². The van der Waals surface area contributed by atoms with Crippen LogP contribution >= 0.6 is 0 Å². The first-order valence-corrected chi connectivity index (χ1v) is 10.6. The summed E-state index contributed by atoms with van der Waals surface area (Å²) in [5, 5.41) is 7.84. The summed E-state index contributed by atoms with van der Waals surface area (Å²) in [5.41, 5.74) is 2.96. The number of hydrogen-bond acceptors (Lipinski definition) is 2. The molecule has 4 nitrogen and oxygen atoms in total. The molecule has 3 aliphatic carbocycles. The normalized spacial score (nSPS) is 30.6. The molecule has 0 spiro atoms. The zero-order chi connectivity index (χ0) is 19.4. The van der Waals surface area contributed by atoms with Crippen molar-refractivity contribution in [1.82, 2.24) is 15.1 Å². The largest absolute Gasteiger partial charge is 0.353 e. The van der Waals surface area contributed by atoms with Gasteiger partial charge in [0.1, 0.15) is 11.5 Å². The Kier molecular flexibility index (Phi) is 4.29. The Morgan fingerprint density at radius 1 is 1.18 bits per heavy atom. The summed E-state index contributed by atoms with van der Waals surface area (Å²) in [7, 11) is 0. The Hall–Kier alpha value is -2.17. The van der Waals surface area contributed by atoms with Gasteiger partial charge in [-0.25, -0.2) is 9.07 Å². The summed E-state index contributed by atoms with van der Waals surface area (Å²) in [6.07, 6.45) is 6.91. The quantitative estimate of drug-likeness (QED) is 0.866. The summed E-state index contributed by atoms with van der Waals surface area (Å²) in [5.74, 6) is 3.06. The van der Waals surface area contributed by atoms with E-state index in [1.54, 1.807) is 22.9 Å². The van der Waals surface area contributed by atoms with E-state index in [-0.39, 0.29) is 11.7 Å². The van der Waals surface area contributed by atoms with Gasteiger partial charge in [0, 0.05) is 17.3 Å². The molecule has 2 aromatic rings. The lowest BCUT2D eigenvalue weighted by Crippen LogP contribution is -2.43. The molecule has 0 radical (unpaired) electrons. The summed E-state index contributed by atoms with van der Waals surface area (Å²) in [4.78, 5) is 12.8. The van der Waals surface area contributed by atoms with E-state index in [9.17, 15) is 9.18 Å². The Morgan fingerprint density at radius 2 is 1.96 bits per heavy atom. The predicted octanol–water partition coefficient (Wildman–Crippen LogP) is 4.11. The molecule has 0 aliphatic heterocycles. The Morgan fingerprint density at radius 3 is 2.79 bits per heavy atom. The summed E-state index contributed by atoms with van der Waals surface area (Å²) in [6.45, 7) is 3.81. The van der Waals surface area contributed by atoms with Crippen molar-refractivity contribution < 1.29 is 9.18 Å². The van der Waals surface area contributed by atoms with E-state index in [2.05, 4.69) is 10.4 Å². The van der Waals surface area contributed by atoms with Crippen LogP contribution in [0.5, 0.6) is 0 Å². The highest BCUT2D eigenvalue weighted by atomic mass is 19.1. The van der Waals surface area contributed by atoms with Crippen LogP contribution in [0.4, 0.5) is 4.39 Å². The number of aromatic nitrogens is 2. The van der Waals surface area contributed by atoms with Crippen LogP contribution in [-0.2, 0) is 11.2 Å². The van der Waals surface area contributed by atoms with E-state index in [1.165, 1.54) is 31.7 Å². The molecule has 1 aromatic carbocycles. The number of aryl methyl sites for hydroxylation is 1. The first kappa shape index (κ1) is 17.9. The minimum Gasteiger partial charge on any atom is -0.353 e. The number of amides is 1. The van der Waals surface area contributed by atoms with Crippen LogP contribution in [0.25, 0.3) is 5.69 Å². The van der Waals surface area contributed by atoms with Crippen molar-refractivity contribution in [3.8, 4) is 5.69 Å². The smallest absolute Gasteiger partial charge is 0.224 e. The van der Waals surface area contributed by atoms with Crippen LogP contribution in [0.15, 0.2) is 24.3 Å². The minimum atomic E-state index is -0.308. The fourth-order valence-electron chi connectivity index (χ4n) is 6.44. The van der Waals surface area contributed by atoms with Crippen molar-refractivity contribution in [2.75, 3.05) is 0 Å². The lowest BCUT2D eigenvalue weighted by molar-refractivity contribution is -0.121. The maximum atomic E-state index is 14.2. The molecule has 5 atom stereocenters. The molecule has 1 N–H and O–H groups in total. The molecule has 1 amide bonds. The van der Waals surface area contributed by atoms with Crippen LogP contribution in [0.3, 0.4) is 0 Å². The first-order valence-electron chi connectivity index (χ1n) is 10.6. The van der Waals surface area contributed by atoms with E-state index in [0.717, 1.165) is 41.1 Å². The molecule has 1 heterocycles. The molecule has 3 fully saturated rings. The number of hydrogen-bond donors (Lipinski definition) is 1. The second kappa shape index (κ2) is 6.71. The van der Waals surface area contributed by atoms with Gasteiger partial charge in [0.05, 0.1) is 12.1 Å². The van der Waals surface area contributed by atoms with E-state index >= 15 is 0 Å². The molecule has 28 heavy (non-hydrogen) atoms. The van der Waals surface area contributed by atoms with Crippen molar-refractivity contribution in [2.24, 2.45) is 23.7 Å². The fraction of sp³-hybridized carbons (Fsp3) is 0.565. The zero-order valence-electron chi connectivity index (χ0n) is 16.6. The van der Waals surface area contributed by atoms with Gasteiger partial charge in [0.25, 0.3) is 0 Å². The molecule has 5 rings (SSSR count). The van der Waals surface area contributed by atoms with Crippen LogP contribution < -0.4 is 5.32 Å². The lowest BCUT2D eigenvalue weighted by atomic mass is 9.79. The summed E-state index contributed by atoms with van der Waals surface area (Å²) >= 11 is 0. The van der Waals surface area contributed by atoms with E-state index < -0.39 is 0 Å². The lowest BCUT2D eigenvalue weighted by Gasteiger charge is -2.32. The number of benzene rings is 1. The third-order valence-corrected chi connectivity index (χ3v) is 7.63. The van der Waals surface area contributed by atoms with Crippen LogP contribution in [0.1, 0.15) is 49.1 Å². The molecule has 2 bridgehead atoms. The number of nitrogens with zero attached hydrogens (tertiary/aromatic N) is 2. The monoisotopic (exact) mass is 381 g/mol. The fourth-order valence-corrected chi connectivity index (χ4v) is 6.44. The molecule has 5 heteroatoms. The van der Waals surface area contributed by atoms with Gasteiger partial charge in [-0.3, -0.25) is 4.79 Å². The number of halogens is 1. The number of fused-ring (bicyclic) bond motifs is 5. The molecular weight excluding hydrogens is 353 g/mol. The van der Waals surface area contributed by atoms with E-state index in [0.29, 0.717) is 24.1 Å². The van der Waals surface area contributed by atoms with Gasteiger partial charge in [0.15, 0.2) is 0 Å². The highest BCUT2D eigenvalue weighted by Crippen LogP contribution is 2.58. The zero-order valence-corrected chi connectivity index (χ0v) is 16.6. The van der Waals surface area contributed by atoms with Crippen molar-refractivity contribution in [3.63, 3.8) is 0 Å². The molecule has 3 saturated carbocycles. The minimum absolute atomic E-state index is 0.0754. The highest BCUT2D eigenvalue weighted by molar-refractivity contribution is 5.79. The molecule has 1 aromatic heterocycles. The van der Waals surface area contributed by atoms with E-state index in [1.807, 2.05) is 13.8 Å². The standard InChI is InChI=1S/C23H28FN3O/c1-13-18(14(2)27(26-13)22-9-4-3-8-20(22)24)12-23(28)25-21-11-15-10-19(21)17-7-5-6-16(15)17/h3-4,8-9,15-17,19,21H,5-7,10-12H2,1-2H3,(H,25,28)/t15-,16-,17+,19+,21-/m1/s1. The van der Waals surface area contributed by atoms with E-state index in [4.69, 9.17) is 0 Å². The van der Waals surface area contributed by atoms with Crippen molar-refractivity contribution >= 4 is 5.91 Å². The molecule has 0 saturated heterocycles. The van der Waals surface area contributed by atoms with Crippen LogP contribution in [0.2, 0.25) is 0 Å². The second-order valence-electron chi connectivity index (χ2n) is 9.02.